The van der Waals surface area contributed by atoms with Crippen LogP contribution in [0.2, 0.25) is 0 Å². The van der Waals surface area contributed by atoms with Crippen LogP contribution in [0.25, 0.3) is 0 Å². The van der Waals surface area contributed by atoms with Crippen LogP contribution in [0.1, 0.15) is 21.6 Å². The first-order chi connectivity index (χ1) is 10.1. The molecule has 4 nitrogen and oxygen atoms in total. The van der Waals surface area contributed by atoms with Crippen molar-refractivity contribution in [2.24, 2.45) is 0 Å². The number of benzene rings is 1. The number of pyridine rings is 1. The Kier molecular flexibility index (Phi) is 5.33. The number of alkyl halides is 1. The van der Waals surface area contributed by atoms with Crippen LogP contribution < -0.4 is 10.7 Å². The molecule has 2 N–H and O–H groups in total. The molecule has 0 radical (unpaired) electrons. The van der Waals surface area contributed by atoms with Crippen LogP contribution in [0.5, 0.6) is 0 Å². The van der Waals surface area contributed by atoms with Crippen molar-refractivity contribution < 1.29 is 4.79 Å². The van der Waals surface area contributed by atoms with Crippen LogP contribution >= 0.6 is 15.9 Å². The molecule has 1 amide bonds. The summed E-state index contributed by atoms with van der Waals surface area (Å²) < 4.78 is 0. The van der Waals surface area contributed by atoms with Gasteiger partial charge in [0.2, 0.25) is 0 Å². The van der Waals surface area contributed by atoms with Gasteiger partial charge in [0.15, 0.2) is 5.43 Å². The van der Waals surface area contributed by atoms with E-state index in [9.17, 15) is 9.59 Å². The molecule has 0 spiro atoms. The summed E-state index contributed by atoms with van der Waals surface area (Å²) in [5, 5.41) is 3.51. The summed E-state index contributed by atoms with van der Waals surface area (Å²) in [5.74, 6) is -0.350. The lowest BCUT2D eigenvalue weighted by atomic mass is 10.1. The molecule has 1 heterocycles. The molecule has 1 aromatic heterocycles. The predicted molar refractivity (Wildman–Crippen MR) is 87.0 cm³/mol. The first-order valence-corrected chi connectivity index (χ1v) is 7.82. The number of hydrogen-bond acceptors (Lipinski definition) is 2. The van der Waals surface area contributed by atoms with Gasteiger partial charge in [-0.25, -0.2) is 0 Å². The molecule has 21 heavy (non-hydrogen) atoms. The maximum atomic E-state index is 12.2. The third-order valence-corrected chi connectivity index (χ3v) is 3.93. The van der Waals surface area contributed by atoms with Crippen molar-refractivity contribution in [2.45, 2.75) is 19.4 Å². The van der Waals surface area contributed by atoms with Gasteiger partial charge in [-0.2, -0.15) is 0 Å². The fourth-order valence-corrected chi connectivity index (χ4v) is 2.45. The molecule has 0 aliphatic carbocycles. The fourth-order valence-electron chi connectivity index (χ4n) is 2.06. The lowest BCUT2D eigenvalue weighted by Gasteiger charge is -2.16. The highest BCUT2D eigenvalue weighted by Gasteiger charge is 2.15. The van der Waals surface area contributed by atoms with Crippen LogP contribution in [-0.4, -0.2) is 22.3 Å². The van der Waals surface area contributed by atoms with Gasteiger partial charge in [0.1, 0.15) is 5.56 Å². The number of carbonyl (C=O) groups excluding carboxylic acids is 1. The SMILES string of the molecule is Cc1cc(=O)c(C(=O)NC(CBr)Cc2ccccc2)c[nH]1. The molecule has 2 rings (SSSR count). The van der Waals surface area contributed by atoms with E-state index in [1.165, 1.54) is 12.3 Å². The number of aromatic nitrogens is 1. The average molecular weight is 349 g/mol. The first kappa shape index (κ1) is 15.5. The van der Waals surface area contributed by atoms with Crippen molar-refractivity contribution in [3.63, 3.8) is 0 Å². The van der Waals surface area contributed by atoms with Crippen LogP contribution in [0.4, 0.5) is 0 Å². The summed E-state index contributed by atoms with van der Waals surface area (Å²) >= 11 is 3.40. The number of aryl methyl sites for hydroxylation is 1. The molecular weight excluding hydrogens is 332 g/mol. The highest BCUT2D eigenvalue weighted by molar-refractivity contribution is 9.09. The zero-order valence-electron chi connectivity index (χ0n) is 11.7. The first-order valence-electron chi connectivity index (χ1n) is 6.70. The summed E-state index contributed by atoms with van der Waals surface area (Å²) in [6.45, 7) is 1.78. The summed E-state index contributed by atoms with van der Waals surface area (Å²) in [4.78, 5) is 26.9. The minimum absolute atomic E-state index is 0.0689. The molecule has 0 fully saturated rings. The van der Waals surface area contributed by atoms with Crippen molar-refractivity contribution in [1.29, 1.82) is 0 Å². The Balaban J connectivity index is 2.07. The maximum Gasteiger partial charge on any atom is 0.256 e. The lowest BCUT2D eigenvalue weighted by Crippen LogP contribution is -2.39. The number of H-pyrrole nitrogens is 1. The van der Waals surface area contributed by atoms with E-state index in [1.807, 2.05) is 30.3 Å². The van der Waals surface area contributed by atoms with E-state index in [4.69, 9.17) is 0 Å². The van der Waals surface area contributed by atoms with Gasteiger partial charge < -0.3 is 10.3 Å². The minimum atomic E-state index is -0.350. The molecule has 5 heteroatoms. The Morgan fingerprint density at radius 3 is 2.67 bits per heavy atom. The van der Waals surface area contributed by atoms with Crippen molar-refractivity contribution in [3.05, 3.63) is 69.6 Å². The monoisotopic (exact) mass is 348 g/mol. The molecule has 1 atom stereocenters. The summed E-state index contributed by atoms with van der Waals surface area (Å²) in [7, 11) is 0. The van der Waals surface area contributed by atoms with Gasteiger partial charge in [0.05, 0.1) is 0 Å². The largest absolute Gasteiger partial charge is 0.364 e. The van der Waals surface area contributed by atoms with Crippen LogP contribution in [0.15, 0.2) is 47.4 Å². The van der Waals surface area contributed by atoms with Crippen molar-refractivity contribution in [1.82, 2.24) is 10.3 Å². The second kappa shape index (κ2) is 7.22. The molecule has 1 unspecified atom stereocenters. The third kappa shape index (κ3) is 4.29. The molecular formula is C16H17BrN2O2. The molecule has 2 aromatic rings. The summed E-state index contributed by atoms with van der Waals surface area (Å²) in [6, 6.07) is 11.3. The Labute approximate surface area is 131 Å². The Morgan fingerprint density at radius 1 is 1.33 bits per heavy atom. The minimum Gasteiger partial charge on any atom is -0.364 e. The average Bonchev–Trinajstić information content (AvgIpc) is 2.47. The standard InChI is InChI=1S/C16H17BrN2O2/c1-11-7-15(20)14(10-18-11)16(21)19-13(9-17)8-12-5-3-2-4-6-12/h2-7,10,13H,8-9H2,1H3,(H,18,20)(H,19,21). The van der Waals surface area contributed by atoms with Gasteiger partial charge in [-0.15, -0.1) is 0 Å². The second-order valence-electron chi connectivity index (χ2n) is 4.91. The van der Waals surface area contributed by atoms with Gasteiger partial charge in [0.25, 0.3) is 5.91 Å². The van der Waals surface area contributed by atoms with E-state index in [2.05, 4.69) is 26.2 Å². The summed E-state index contributed by atoms with van der Waals surface area (Å²) in [6.07, 6.45) is 2.17. The molecule has 0 aliphatic rings. The van der Waals surface area contributed by atoms with E-state index in [0.29, 0.717) is 11.8 Å². The zero-order valence-corrected chi connectivity index (χ0v) is 13.3. The highest BCUT2D eigenvalue weighted by atomic mass is 79.9. The van der Waals surface area contributed by atoms with Crippen molar-refractivity contribution in [2.75, 3.05) is 5.33 Å². The highest BCUT2D eigenvalue weighted by Crippen LogP contribution is 2.06. The van der Waals surface area contributed by atoms with E-state index in [1.54, 1.807) is 6.92 Å². The van der Waals surface area contributed by atoms with E-state index in [-0.39, 0.29) is 22.9 Å². The number of halogens is 1. The lowest BCUT2D eigenvalue weighted by molar-refractivity contribution is 0.0939. The van der Waals surface area contributed by atoms with Crippen molar-refractivity contribution in [3.8, 4) is 0 Å². The van der Waals surface area contributed by atoms with E-state index >= 15 is 0 Å². The number of rotatable bonds is 5. The fraction of sp³-hybridized carbons (Fsp3) is 0.250. The van der Waals surface area contributed by atoms with Crippen LogP contribution in [0.3, 0.4) is 0 Å². The number of amides is 1. The molecule has 0 bridgehead atoms. The zero-order chi connectivity index (χ0) is 15.2. The van der Waals surface area contributed by atoms with Crippen LogP contribution in [0, 0.1) is 6.92 Å². The number of carbonyl (C=O) groups is 1. The number of nitrogens with one attached hydrogen (secondary N) is 2. The quantitative estimate of drug-likeness (QED) is 0.815. The Morgan fingerprint density at radius 2 is 2.05 bits per heavy atom. The smallest absolute Gasteiger partial charge is 0.256 e. The van der Waals surface area contributed by atoms with Gasteiger partial charge in [-0.05, 0) is 18.9 Å². The molecule has 1 aromatic carbocycles. The Hall–Kier alpha value is -1.88. The normalized spacial score (nSPS) is 11.9. The Bertz CT molecular complexity index is 667. The molecule has 0 aliphatic heterocycles. The van der Waals surface area contributed by atoms with Crippen LogP contribution in [-0.2, 0) is 6.42 Å². The topological polar surface area (TPSA) is 62.0 Å². The van der Waals surface area contributed by atoms with Crippen molar-refractivity contribution >= 4 is 21.8 Å². The van der Waals surface area contributed by atoms with Gasteiger partial charge in [0, 0.05) is 29.3 Å². The number of hydrogen-bond donors (Lipinski definition) is 2. The van der Waals surface area contributed by atoms with E-state index in [0.717, 1.165) is 11.3 Å². The summed E-state index contributed by atoms with van der Waals surface area (Å²) in [5.41, 5.74) is 1.74. The number of aromatic amines is 1. The molecule has 110 valence electrons. The van der Waals surface area contributed by atoms with E-state index < -0.39 is 0 Å². The third-order valence-electron chi connectivity index (χ3n) is 3.15. The second-order valence-corrected chi connectivity index (χ2v) is 5.56. The molecule has 0 saturated carbocycles. The van der Waals surface area contributed by atoms with Gasteiger partial charge >= 0.3 is 0 Å². The van der Waals surface area contributed by atoms with Gasteiger partial charge in [-0.1, -0.05) is 46.3 Å². The molecule has 0 saturated heterocycles. The predicted octanol–water partition coefficient (Wildman–Crippen LogP) is 2.42. The maximum absolute atomic E-state index is 12.2. The van der Waals surface area contributed by atoms with Gasteiger partial charge in [-0.3, -0.25) is 9.59 Å².